The maximum Gasteiger partial charge on any atom is 0.433 e. The fourth-order valence-electron chi connectivity index (χ4n) is 2.30. The van der Waals surface area contributed by atoms with Gasteiger partial charge < -0.3 is 15.8 Å². The number of hydrogen-bond donors (Lipinski definition) is 2. The van der Waals surface area contributed by atoms with E-state index in [-0.39, 0.29) is 27.6 Å². The first-order chi connectivity index (χ1) is 12.5. The number of aryl methyl sites for hydroxylation is 1. The second-order valence-corrected chi connectivity index (χ2v) is 6.36. The van der Waals surface area contributed by atoms with Crippen molar-refractivity contribution in [3.05, 3.63) is 33.5 Å². The molecule has 0 atom stereocenters. The number of anilines is 1. The third kappa shape index (κ3) is 4.10. The van der Waals surface area contributed by atoms with Crippen molar-refractivity contribution in [2.24, 2.45) is 12.8 Å². The largest absolute Gasteiger partial charge is 0.462 e. The first-order valence-electron chi connectivity index (χ1n) is 7.50. The van der Waals surface area contributed by atoms with Gasteiger partial charge in [0, 0.05) is 13.1 Å². The Hall–Kier alpha value is -2.89. The number of hydrogen-bond acceptors (Lipinski definition) is 6. The van der Waals surface area contributed by atoms with Crippen molar-refractivity contribution >= 4 is 34.1 Å². The van der Waals surface area contributed by atoms with Gasteiger partial charge in [-0.3, -0.25) is 14.3 Å². The molecule has 0 aliphatic heterocycles. The molecule has 2 heterocycles. The molecule has 0 aliphatic carbocycles. The number of rotatable bonds is 5. The van der Waals surface area contributed by atoms with Gasteiger partial charge in [0.05, 0.1) is 17.0 Å². The zero-order valence-corrected chi connectivity index (χ0v) is 15.2. The lowest BCUT2D eigenvalue weighted by Gasteiger charge is -2.06. The summed E-state index contributed by atoms with van der Waals surface area (Å²) in [5.41, 5.74) is 3.75. The molecule has 3 N–H and O–H groups in total. The highest BCUT2D eigenvalue weighted by molar-refractivity contribution is 7.18. The maximum absolute atomic E-state index is 12.8. The summed E-state index contributed by atoms with van der Waals surface area (Å²) < 4.78 is 44.0. The van der Waals surface area contributed by atoms with E-state index in [0.29, 0.717) is 10.7 Å². The minimum Gasteiger partial charge on any atom is -0.462 e. The standard InChI is InChI=1S/C15H15F3N4O4S/c1-4-26-14(25)9-6(2)10(11(19)23)27-13(9)20-12(24)7-5-8(15(16,17)18)22(3)21-7/h5H,4H2,1-3H3,(H2,19,23)(H,20,24). The van der Waals surface area contributed by atoms with Crippen LogP contribution in [0.1, 0.15) is 48.7 Å². The summed E-state index contributed by atoms with van der Waals surface area (Å²) in [5, 5.41) is 5.77. The summed E-state index contributed by atoms with van der Waals surface area (Å²) in [7, 11) is 1.05. The first-order valence-corrected chi connectivity index (χ1v) is 8.31. The lowest BCUT2D eigenvalue weighted by atomic mass is 10.1. The predicted octanol–water partition coefficient (Wildman–Crippen LogP) is 2.34. The summed E-state index contributed by atoms with van der Waals surface area (Å²) in [5.74, 6) is -2.60. The van der Waals surface area contributed by atoms with Gasteiger partial charge in [-0.1, -0.05) is 0 Å². The monoisotopic (exact) mass is 404 g/mol. The van der Waals surface area contributed by atoms with E-state index in [4.69, 9.17) is 10.5 Å². The molecule has 0 bridgehead atoms. The average Bonchev–Trinajstić information content (AvgIpc) is 3.08. The smallest absolute Gasteiger partial charge is 0.433 e. The van der Waals surface area contributed by atoms with Crippen LogP contribution in [0.25, 0.3) is 0 Å². The van der Waals surface area contributed by atoms with Gasteiger partial charge in [-0.25, -0.2) is 4.79 Å². The molecule has 0 spiro atoms. The molecule has 0 aliphatic rings. The van der Waals surface area contributed by atoms with E-state index in [2.05, 4.69) is 10.4 Å². The van der Waals surface area contributed by atoms with Crippen molar-refractivity contribution in [2.45, 2.75) is 20.0 Å². The number of esters is 1. The van der Waals surface area contributed by atoms with Crippen molar-refractivity contribution in [3.63, 3.8) is 0 Å². The molecule has 0 aromatic carbocycles. The van der Waals surface area contributed by atoms with Gasteiger partial charge in [0.15, 0.2) is 5.69 Å². The number of aromatic nitrogens is 2. The van der Waals surface area contributed by atoms with Crippen molar-refractivity contribution < 1.29 is 32.3 Å². The van der Waals surface area contributed by atoms with Crippen LogP contribution in [0.5, 0.6) is 0 Å². The summed E-state index contributed by atoms with van der Waals surface area (Å²) in [6.07, 6.45) is -4.69. The zero-order chi connectivity index (χ0) is 20.5. The highest BCUT2D eigenvalue weighted by atomic mass is 32.1. The van der Waals surface area contributed by atoms with Crippen LogP contribution in [-0.2, 0) is 18.0 Å². The van der Waals surface area contributed by atoms with E-state index < -0.39 is 35.3 Å². The Morgan fingerprint density at radius 2 is 2.00 bits per heavy atom. The SMILES string of the molecule is CCOC(=O)c1c(NC(=O)c2cc(C(F)(F)F)n(C)n2)sc(C(N)=O)c1C. The molecule has 0 radical (unpaired) electrons. The van der Waals surface area contributed by atoms with Gasteiger partial charge in [0.25, 0.3) is 11.8 Å². The van der Waals surface area contributed by atoms with Crippen molar-refractivity contribution in [2.75, 3.05) is 11.9 Å². The van der Waals surface area contributed by atoms with Crippen LogP contribution < -0.4 is 11.1 Å². The number of carbonyl (C=O) groups excluding carboxylic acids is 3. The third-order valence-corrected chi connectivity index (χ3v) is 4.70. The number of ether oxygens (including phenoxy) is 1. The number of alkyl halides is 3. The predicted molar refractivity (Wildman–Crippen MR) is 89.7 cm³/mol. The molecular weight excluding hydrogens is 389 g/mol. The summed E-state index contributed by atoms with van der Waals surface area (Å²) >= 11 is 0.724. The molecule has 2 amide bonds. The first kappa shape index (κ1) is 20.4. The molecule has 0 saturated carbocycles. The normalized spacial score (nSPS) is 11.3. The van der Waals surface area contributed by atoms with Gasteiger partial charge in [-0.15, -0.1) is 11.3 Å². The molecule has 12 heteroatoms. The Morgan fingerprint density at radius 3 is 2.48 bits per heavy atom. The Labute approximate surface area is 155 Å². The van der Waals surface area contributed by atoms with Crippen LogP contribution >= 0.6 is 11.3 Å². The molecule has 146 valence electrons. The summed E-state index contributed by atoms with van der Waals surface area (Å²) in [6.45, 7) is 3.06. The van der Waals surface area contributed by atoms with E-state index in [1.54, 1.807) is 6.92 Å². The maximum atomic E-state index is 12.8. The van der Waals surface area contributed by atoms with E-state index in [1.165, 1.54) is 6.92 Å². The van der Waals surface area contributed by atoms with Crippen LogP contribution in [0.15, 0.2) is 6.07 Å². The van der Waals surface area contributed by atoms with Gasteiger partial charge in [-0.2, -0.15) is 18.3 Å². The number of amides is 2. The number of nitrogens with one attached hydrogen (secondary N) is 1. The van der Waals surface area contributed by atoms with Gasteiger partial charge in [0.2, 0.25) is 0 Å². The Kier molecular flexibility index (Phi) is 5.59. The highest BCUT2D eigenvalue weighted by Gasteiger charge is 2.36. The number of nitrogens with two attached hydrogens (primary N) is 1. The molecule has 2 aromatic rings. The third-order valence-electron chi connectivity index (χ3n) is 3.48. The van der Waals surface area contributed by atoms with Gasteiger partial charge >= 0.3 is 12.1 Å². The van der Waals surface area contributed by atoms with Crippen molar-refractivity contribution in [1.29, 1.82) is 0 Å². The van der Waals surface area contributed by atoms with Crippen molar-refractivity contribution in [1.82, 2.24) is 9.78 Å². The average molecular weight is 404 g/mol. The second-order valence-electron chi connectivity index (χ2n) is 5.34. The van der Waals surface area contributed by atoms with Crippen LogP contribution in [0, 0.1) is 6.92 Å². The highest BCUT2D eigenvalue weighted by Crippen LogP contribution is 2.34. The summed E-state index contributed by atoms with van der Waals surface area (Å²) in [6, 6.07) is 0.578. The number of nitrogens with zero attached hydrogens (tertiary/aromatic N) is 2. The number of primary amides is 1. The minimum absolute atomic E-state index is 0.0188. The number of carbonyl (C=O) groups is 3. The lowest BCUT2D eigenvalue weighted by Crippen LogP contribution is -2.15. The zero-order valence-electron chi connectivity index (χ0n) is 14.4. The fraction of sp³-hybridized carbons (Fsp3) is 0.333. The van der Waals surface area contributed by atoms with E-state index in [0.717, 1.165) is 18.4 Å². The Morgan fingerprint density at radius 1 is 1.37 bits per heavy atom. The molecular formula is C15H15F3N4O4S. The number of halogens is 3. The van der Waals surface area contributed by atoms with Crippen LogP contribution in [0.4, 0.5) is 18.2 Å². The van der Waals surface area contributed by atoms with E-state index in [1.807, 2.05) is 0 Å². The molecule has 27 heavy (non-hydrogen) atoms. The van der Waals surface area contributed by atoms with Crippen LogP contribution in [0.3, 0.4) is 0 Å². The van der Waals surface area contributed by atoms with Crippen molar-refractivity contribution in [3.8, 4) is 0 Å². The Bertz CT molecular complexity index is 917. The molecule has 8 nitrogen and oxygen atoms in total. The topological polar surface area (TPSA) is 116 Å². The molecule has 0 unspecified atom stereocenters. The molecule has 0 saturated heterocycles. The van der Waals surface area contributed by atoms with Crippen LogP contribution in [-0.4, -0.2) is 34.2 Å². The van der Waals surface area contributed by atoms with E-state index >= 15 is 0 Å². The minimum atomic E-state index is -4.69. The fourth-order valence-corrected chi connectivity index (χ4v) is 3.34. The molecule has 2 aromatic heterocycles. The van der Waals surface area contributed by atoms with Crippen LogP contribution in [0.2, 0.25) is 0 Å². The summed E-state index contributed by atoms with van der Waals surface area (Å²) in [4.78, 5) is 36.0. The van der Waals surface area contributed by atoms with Gasteiger partial charge in [-0.05, 0) is 19.4 Å². The molecule has 0 fully saturated rings. The molecule has 2 rings (SSSR count). The van der Waals surface area contributed by atoms with Gasteiger partial charge in [0.1, 0.15) is 10.7 Å². The quantitative estimate of drug-likeness (QED) is 0.742. The second kappa shape index (κ2) is 7.39. The number of thiophene rings is 1. The van der Waals surface area contributed by atoms with E-state index in [9.17, 15) is 27.6 Å². The lowest BCUT2D eigenvalue weighted by molar-refractivity contribution is -0.143. The Balaban J connectivity index is 2.42.